The highest BCUT2D eigenvalue weighted by atomic mass is 32.1. The molecule has 3 rings (SSSR count). The van der Waals surface area contributed by atoms with Crippen molar-refractivity contribution in [3.05, 3.63) is 47.6 Å². The molecule has 2 heterocycles. The average Bonchev–Trinajstić information content (AvgIpc) is 3.07. The van der Waals surface area contributed by atoms with E-state index in [2.05, 4.69) is 33.5 Å². The zero-order chi connectivity index (χ0) is 13.1. The number of rotatable bonds is 5. The molecule has 0 radical (unpaired) electrons. The van der Waals surface area contributed by atoms with Crippen LogP contribution in [0.5, 0.6) is 0 Å². The molecule has 4 nitrogen and oxygen atoms in total. The summed E-state index contributed by atoms with van der Waals surface area (Å²) in [6, 6.07) is 8.37. The zero-order valence-electron chi connectivity index (χ0n) is 10.5. The fourth-order valence-corrected chi connectivity index (χ4v) is 2.72. The molecule has 0 amide bonds. The number of benzene rings is 1. The van der Waals surface area contributed by atoms with Gasteiger partial charge in [-0.2, -0.15) is 0 Å². The second-order valence-corrected chi connectivity index (χ2v) is 5.44. The summed E-state index contributed by atoms with van der Waals surface area (Å²) < 4.78 is 0. The highest BCUT2D eigenvalue weighted by molar-refractivity contribution is 7.13. The van der Waals surface area contributed by atoms with Gasteiger partial charge in [0.25, 0.3) is 0 Å². The third-order valence-corrected chi connectivity index (χ3v) is 3.84. The first-order chi connectivity index (χ1) is 9.33. The van der Waals surface area contributed by atoms with E-state index in [0.717, 1.165) is 23.6 Å². The minimum atomic E-state index is 0.0723. The number of aromatic nitrogens is 2. The van der Waals surface area contributed by atoms with Crippen LogP contribution in [0.25, 0.3) is 10.9 Å². The van der Waals surface area contributed by atoms with Crippen LogP contribution in [-0.4, -0.2) is 22.6 Å². The summed E-state index contributed by atoms with van der Waals surface area (Å²) in [5, 5.41) is 7.39. The van der Waals surface area contributed by atoms with Gasteiger partial charge in [0, 0.05) is 41.3 Å². The lowest BCUT2D eigenvalue weighted by Crippen LogP contribution is -2.31. The molecule has 4 N–H and O–H groups in total. The van der Waals surface area contributed by atoms with Gasteiger partial charge in [-0.3, -0.25) is 0 Å². The van der Waals surface area contributed by atoms with E-state index in [1.807, 2.05) is 17.6 Å². The number of thiazole rings is 1. The third-order valence-electron chi connectivity index (χ3n) is 3.10. The summed E-state index contributed by atoms with van der Waals surface area (Å²) in [5.41, 5.74) is 8.61. The van der Waals surface area contributed by atoms with Gasteiger partial charge in [-0.05, 0) is 18.1 Å². The number of nitrogens with two attached hydrogens (primary N) is 1. The van der Waals surface area contributed by atoms with Crippen molar-refractivity contribution in [2.45, 2.75) is 12.5 Å². The molecule has 1 atom stereocenters. The first-order valence-electron chi connectivity index (χ1n) is 6.27. The van der Waals surface area contributed by atoms with Crippen LogP contribution in [0.4, 0.5) is 5.13 Å². The lowest BCUT2D eigenvalue weighted by molar-refractivity contribution is 0.702. The Labute approximate surface area is 115 Å². The fraction of sp³-hybridized carbons (Fsp3) is 0.214. The fourth-order valence-electron chi connectivity index (χ4n) is 2.18. The minimum Gasteiger partial charge on any atom is -0.361 e. The smallest absolute Gasteiger partial charge is 0.182 e. The molecule has 0 fully saturated rings. The van der Waals surface area contributed by atoms with Crippen LogP contribution >= 0.6 is 11.3 Å². The van der Waals surface area contributed by atoms with Crippen molar-refractivity contribution < 1.29 is 0 Å². The first-order valence-corrected chi connectivity index (χ1v) is 7.15. The van der Waals surface area contributed by atoms with Crippen LogP contribution < -0.4 is 11.1 Å². The van der Waals surface area contributed by atoms with Gasteiger partial charge in [0.05, 0.1) is 0 Å². The molecular weight excluding hydrogens is 256 g/mol. The van der Waals surface area contributed by atoms with E-state index in [9.17, 15) is 0 Å². The molecule has 0 spiro atoms. The van der Waals surface area contributed by atoms with Crippen molar-refractivity contribution in [2.24, 2.45) is 5.73 Å². The van der Waals surface area contributed by atoms with Crippen molar-refractivity contribution in [3.63, 3.8) is 0 Å². The summed E-state index contributed by atoms with van der Waals surface area (Å²) in [6.07, 6.45) is 4.69. The van der Waals surface area contributed by atoms with E-state index < -0.39 is 0 Å². The Morgan fingerprint density at radius 3 is 3.11 bits per heavy atom. The third kappa shape index (κ3) is 2.77. The standard InChI is InChI=1S/C14H16N4S/c15-11(9-18-14-16-5-6-19-14)7-10-8-17-13-4-2-1-3-12(10)13/h1-6,8,11,17H,7,9,15H2,(H,16,18)/t11-/m0/s1. The topological polar surface area (TPSA) is 66.7 Å². The van der Waals surface area contributed by atoms with E-state index in [4.69, 9.17) is 5.73 Å². The summed E-state index contributed by atoms with van der Waals surface area (Å²) in [6.45, 7) is 0.729. The number of para-hydroxylation sites is 1. The van der Waals surface area contributed by atoms with Crippen LogP contribution in [0.3, 0.4) is 0 Å². The Morgan fingerprint density at radius 1 is 1.37 bits per heavy atom. The maximum Gasteiger partial charge on any atom is 0.182 e. The van der Waals surface area contributed by atoms with Gasteiger partial charge in [-0.25, -0.2) is 4.98 Å². The number of hydrogen-bond donors (Lipinski definition) is 3. The van der Waals surface area contributed by atoms with Crippen molar-refractivity contribution in [2.75, 3.05) is 11.9 Å². The SMILES string of the molecule is N[C@H](CNc1nccs1)Cc1c[nH]c2ccccc12. The largest absolute Gasteiger partial charge is 0.361 e. The maximum atomic E-state index is 6.17. The van der Waals surface area contributed by atoms with E-state index in [1.165, 1.54) is 10.9 Å². The molecule has 0 unspecified atom stereocenters. The summed E-state index contributed by atoms with van der Waals surface area (Å²) in [5.74, 6) is 0. The second-order valence-electron chi connectivity index (χ2n) is 4.54. The van der Waals surface area contributed by atoms with E-state index >= 15 is 0 Å². The van der Waals surface area contributed by atoms with Crippen molar-refractivity contribution >= 4 is 27.4 Å². The highest BCUT2D eigenvalue weighted by Crippen LogP contribution is 2.19. The number of nitrogens with zero attached hydrogens (tertiary/aromatic N) is 1. The van der Waals surface area contributed by atoms with Crippen LogP contribution in [-0.2, 0) is 6.42 Å². The average molecular weight is 272 g/mol. The predicted molar refractivity (Wildman–Crippen MR) is 80.6 cm³/mol. The number of fused-ring (bicyclic) bond motifs is 1. The monoisotopic (exact) mass is 272 g/mol. The Hall–Kier alpha value is -1.85. The van der Waals surface area contributed by atoms with Gasteiger partial charge in [0.2, 0.25) is 0 Å². The quantitative estimate of drug-likeness (QED) is 0.669. The molecule has 19 heavy (non-hydrogen) atoms. The minimum absolute atomic E-state index is 0.0723. The van der Waals surface area contributed by atoms with E-state index in [1.54, 1.807) is 17.5 Å². The van der Waals surface area contributed by atoms with Crippen LogP contribution in [0, 0.1) is 0 Å². The molecule has 0 bridgehead atoms. The van der Waals surface area contributed by atoms with Gasteiger partial charge < -0.3 is 16.0 Å². The molecule has 1 aromatic carbocycles. The number of anilines is 1. The van der Waals surface area contributed by atoms with E-state index in [0.29, 0.717) is 0 Å². The number of hydrogen-bond acceptors (Lipinski definition) is 4. The molecule has 98 valence electrons. The van der Waals surface area contributed by atoms with Crippen LogP contribution in [0.2, 0.25) is 0 Å². The molecule has 0 saturated heterocycles. The lowest BCUT2D eigenvalue weighted by Gasteiger charge is -2.11. The Balaban J connectivity index is 1.64. The van der Waals surface area contributed by atoms with Crippen molar-refractivity contribution in [1.82, 2.24) is 9.97 Å². The van der Waals surface area contributed by atoms with Crippen LogP contribution in [0.1, 0.15) is 5.56 Å². The molecule has 0 saturated carbocycles. The summed E-state index contributed by atoms with van der Waals surface area (Å²) >= 11 is 1.59. The Bertz CT molecular complexity index is 644. The van der Waals surface area contributed by atoms with E-state index in [-0.39, 0.29) is 6.04 Å². The molecule has 3 aromatic rings. The van der Waals surface area contributed by atoms with Gasteiger partial charge in [-0.1, -0.05) is 18.2 Å². The molecule has 0 aliphatic heterocycles. The maximum absolute atomic E-state index is 6.17. The summed E-state index contributed by atoms with van der Waals surface area (Å²) in [7, 11) is 0. The Kier molecular flexibility index (Phi) is 3.48. The second kappa shape index (κ2) is 5.42. The highest BCUT2D eigenvalue weighted by Gasteiger charge is 2.08. The van der Waals surface area contributed by atoms with Gasteiger partial charge in [0.1, 0.15) is 0 Å². The van der Waals surface area contributed by atoms with Gasteiger partial charge in [-0.15, -0.1) is 11.3 Å². The molecule has 2 aromatic heterocycles. The molecule has 0 aliphatic carbocycles. The number of H-pyrrole nitrogens is 1. The predicted octanol–water partition coefficient (Wildman–Crippen LogP) is 2.61. The Morgan fingerprint density at radius 2 is 2.26 bits per heavy atom. The first kappa shape index (κ1) is 12.2. The van der Waals surface area contributed by atoms with Crippen LogP contribution in [0.15, 0.2) is 42.0 Å². The van der Waals surface area contributed by atoms with Gasteiger partial charge in [0.15, 0.2) is 5.13 Å². The van der Waals surface area contributed by atoms with Crippen molar-refractivity contribution in [1.29, 1.82) is 0 Å². The van der Waals surface area contributed by atoms with Gasteiger partial charge >= 0.3 is 0 Å². The zero-order valence-corrected chi connectivity index (χ0v) is 11.3. The van der Waals surface area contributed by atoms with Crippen molar-refractivity contribution in [3.8, 4) is 0 Å². The number of nitrogens with one attached hydrogen (secondary N) is 2. The molecule has 0 aliphatic rings. The summed E-state index contributed by atoms with van der Waals surface area (Å²) in [4.78, 5) is 7.46. The normalized spacial score (nSPS) is 12.7. The molecular formula is C14H16N4S. The number of aromatic amines is 1. The lowest BCUT2D eigenvalue weighted by atomic mass is 10.1. The molecule has 5 heteroatoms.